The average Bonchev–Trinajstić information content (AvgIpc) is 2.97. The summed E-state index contributed by atoms with van der Waals surface area (Å²) in [5.74, 6) is 0.167. The fourth-order valence-electron chi connectivity index (χ4n) is 3.27. The van der Waals surface area contributed by atoms with Crippen molar-refractivity contribution in [3.63, 3.8) is 0 Å². The quantitative estimate of drug-likeness (QED) is 0.829. The highest BCUT2D eigenvalue weighted by molar-refractivity contribution is 7.18. The van der Waals surface area contributed by atoms with Gasteiger partial charge < -0.3 is 15.0 Å². The normalized spacial score (nSPS) is 15.9. The van der Waals surface area contributed by atoms with E-state index in [2.05, 4.69) is 16.4 Å². The van der Waals surface area contributed by atoms with E-state index in [1.807, 2.05) is 30.1 Å². The number of methoxy groups -OCH3 is 1. The van der Waals surface area contributed by atoms with Crippen molar-refractivity contribution < 1.29 is 9.53 Å². The van der Waals surface area contributed by atoms with Crippen molar-refractivity contribution >= 4 is 52.3 Å². The number of thiazole rings is 1. The highest BCUT2D eigenvalue weighted by Crippen LogP contribution is 2.32. The van der Waals surface area contributed by atoms with E-state index in [0.29, 0.717) is 13.2 Å². The number of hydrogen-bond acceptors (Lipinski definition) is 5. The molecule has 0 atom stereocenters. The number of benzene rings is 1. The van der Waals surface area contributed by atoms with Crippen LogP contribution in [0.3, 0.4) is 0 Å². The first-order chi connectivity index (χ1) is 11.1. The van der Waals surface area contributed by atoms with E-state index in [-0.39, 0.29) is 30.7 Å². The second kappa shape index (κ2) is 9.69. The second-order valence-corrected chi connectivity index (χ2v) is 7.32. The highest BCUT2D eigenvalue weighted by atomic mass is 35.5. The number of carbonyl (C=O) groups is 1. The summed E-state index contributed by atoms with van der Waals surface area (Å²) in [6.45, 7) is 2.77. The molecular weight excluding hydrogens is 381 g/mol. The number of rotatable bonds is 5. The van der Waals surface area contributed by atoms with Crippen molar-refractivity contribution in [3.8, 4) is 0 Å². The fourth-order valence-corrected chi connectivity index (χ4v) is 4.29. The van der Waals surface area contributed by atoms with Gasteiger partial charge in [0.1, 0.15) is 5.01 Å². The van der Waals surface area contributed by atoms with Gasteiger partial charge in [0, 0.05) is 14.2 Å². The minimum atomic E-state index is -0.397. The zero-order valence-electron chi connectivity index (χ0n) is 14.5. The molecule has 1 aliphatic heterocycles. The van der Waals surface area contributed by atoms with Crippen LogP contribution in [0.2, 0.25) is 0 Å². The second-order valence-electron chi connectivity index (χ2n) is 6.20. The fraction of sp³-hybridized carbons (Fsp3) is 0.529. The summed E-state index contributed by atoms with van der Waals surface area (Å²) in [5, 5.41) is 4.30. The van der Waals surface area contributed by atoms with E-state index in [9.17, 15) is 4.79 Å². The van der Waals surface area contributed by atoms with Gasteiger partial charge in [-0.2, -0.15) is 0 Å². The van der Waals surface area contributed by atoms with E-state index < -0.39 is 5.41 Å². The van der Waals surface area contributed by atoms with E-state index in [4.69, 9.17) is 4.74 Å². The van der Waals surface area contributed by atoms with Crippen molar-refractivity contribution in [3.05, 3.63) is 29.3 Å². The molecule has 1 saturated heterocycles. The molecule has 1 fully saturated rings. The maximum Gasteiger partial charge on any atom is 0.231 e. The number of fused-ring (bicyclic) bond motifs is 1. The summed E-state index contributed by atoms with van der Waals surface area (Å²) in [6.07, 6.45) is 1.65. The molecule has 0 spiro atoms. The van der Waals surface area contributed by atoms with Crippen LogP contribution in [0.5, 0.6) is 0 Å². The van der Waals surface area contributed by atoms with Crippen molar-refractivity contribution in [1.29, 1.82) is 0 Å². The van der Waals surface area contributed by atoms with Crippen molar-refractivity contribution in [1.82, 2.24) is 15.2 Å². The Hall–Kier alpha value is -0.920. The van der Waals surface area contributed by atoms with Gasteiger partial charge in [-0.15, -0.1) is 36.2 Å². The maximum absolute atomic E-state index is 13.0. The monoisotopic (exact) mass is 405 g/mol. The van der Waals surface area contributed by atoms with Crippen molar-refractivity contribution in [2.75, 3.05) is 33.9 Å². The molecule has 1 amide bonds. The number of carbonyl (C=O) groups excluding carboxylic acids is 1. The van der Waals surface area contributed by atoms with Crippen LogP contribution in [-0.4, -0.2) is 49.6 Å². The molecule has 25 heavy (non-hydrogen) atoms. The van der Waals surface area contributed by atoms with Crippen LogP contribution in [0, 0.1) is 5.41 Å². The number of nitrogens with zero attached hydrogens (tertiary/aromatic N) is 2. The lowest BCUT2D eigenvalue weighted by molar-refractivity contribution is -0.146. The average molecular weight is 406 g/mol. The SMILES string of the molecule is COCC1(C(=O)N(C)Cc2nc3ccccc3s2)CCNCC1.Cl.Cl. The third kappa shape index (κ3) is 4.83. The molecule has 140 valence electrons. The van der Waals surface area contributed by atoms with Crippen LogP contribution >= 0.6 is 36.2 Å². The van der Waals surface area contributed by atoms with Crippen LogP contribution < -0.4 is 5.32 Å². The molecule has 1 aromatic carbocycles. The van der Waals surface area contributed by atoms with Gasteiger partial charge >= 0.3 is 0 Å². The molecule has 0 aliphatic carbocycles. The molecule has 0 radical (unpaired) electrons. The zero-order valence-corrected chi connectivity index (χ0v) is 16.9. The number of hydrogen-bond donors (Lipinski definition) is 1. The van der Waals surface area contributed by atoms with Gasteiger partial charge in [0.25, 0.3) is 0 Å². The summed E-state index contributed by atoms with van der Waals surface area (Å²) >= 11 is 1.65. The number of piperidine rings is 1. The molecule has 2 heterocycles. The third-order valence-corrected chi connectivity index (χ3v) is 5.51. The molecule has 8 heteroatoms. The Balaban J connectivity index is 0.00000156. The number of nitrogens with one attached hydrogen (secondary N) is 1. The molecule has 0 bridgehead atoms. The van der Waals surface area contributed by atoms with Crippen molar-refractivity contribution in [2.24, 2.45) is 5.41 Å². The van der Waals surface area contributed by atoms with E-state index in [0.717, 1.165) is 41.2 Å². The number of amides is 1. The molecule has 1 aliphatic rings. The lowest BCUT2D eigenvalue weighted by atomic mass is 9.78. The Morgan fingerprint density at radius 1 is 1.32 bits per heavy atom. The molecule has 1 aromatic heterocycles. The molecular formula is C17H25Cl2N3O2S. The summed E-state index contributed by atoms with van der Waals surface area (Å²) in [7, 11) is 3.54. The lowest BCUT2D eigenvalue weighted by Crippen LogP contribution is -2.50. The summed E-state index contributed by atoms with van der Waals surface area (Å²) in [6, 6.07) is 8.08. The highest BCUT2D eigenvalue weighted by Gasteiger charge is 2.41. The minimum Gasteiger partial charge on any atom is -0.384 e. The first-order valence-corrected chi connectivity index (χ1v) is 8.76. The number of halogens is 2. The first kappa shape index (κ1) is 22.1. The van der Waals surface area contributed by atoms with Gasteiger partial charge in [-0.05, 0) is 38.1 Å². The Morgan fingerprint density at radius 2 is 2.00 bits per heavy atom. The van der Waals surface area contributed by atoms with E-state index >= 15 is 0 Å². The van der Waals surface area contributed by atoms with Crippen LogP contribution in [0.25, 0.3) is 10.2 Å². The Bertz CT molecular complexity index is 651. The van der Waals surface area contributed by atoms with Crippen LogP contribution in [0.15, 0.2) is 24.3 Å². The lowest BCUT2D eigenvalue weighted by Gasteiger charge is -2.38. The smallest absolute Gasteiger partial charge is 0.231 e. The van der Waals surface area contributed by atoms with Crippen LogP contribution in [0.1, 0.15) is 17.8 Å². The Kier molecular flexibility index (Phi) is 8.57. The van der Waals surface area contributed by atoms with Crippen molar-refractivity contribution in [2.45, 2.75) is 19.4 Å². The molecule has 2 aromatic rings. The van der Waals surface area contributed by atoms with Gasteiger partial charge in [0.15, 0.2) is 0 Å². The Morgan fingerprint density at radius 3 is 2.64 bits per heavy atom. The van der Waals surface area contributed by atoms with E-state index in [1.54, 1.807) is 18.4 Å². The first-order valence-electron chi connectivity index (χ1n) is 7.94. The number of ether oxygens (including phenoxy) is 1. The minimum absolute atomic E-state index is 0. The summed E-state index contributed by atoms with van der Waals surface area (Å²) in [4.78, 5) is 19.5. The predicted molar refractivity (Wildman–Crippen MR) is 107 cm³/mol. The Labute approximate surface area is 165 Å². The van der Waals surface area contributed by atoms with Gasteiger partial charge in [0.2, 0.25) is 5.91 Å². The van der Waals surface area contributed by atoms with Gasteiger partial charge in [-0.1, -0.05) is 12.1 Å². The number of para-hydroxylation sites is 1. The van der Waals surface area contributed by atoms with Crippen LogP contribution in [-0.2, 0) is 16.1 Å². The summed E-state index contributed by atoms with van der Waals surface area (Å²) in [5.41, 5.74) is 0.604. The predicted octanol–water partition coefficient (Wildman–Crippen LogP) is 3.11. The van der Waals surface area contributed by atoms with Gasteiger partial charge in [-0.25, -0.2) is 4.98 Å². The summed E-state index contributed by atoms with van der Waals surface area (Å²) < 4.78 is 6.53. The molecule has 3 rings (SSSR count). The molecule has 1 N–H and O–H groups in total. The molecule has 0 saturated carbocycles. The van der Waals surface area contributed by atoms with Crippen LogP contribution in [0.4, 0.5) is 0 Å². The third-order valence-electron chi connectivity index (χ3n) is 4.49. The topological polar surface area (TPSA) is 54.5 Å². The largest absolute Gasteiger partial charge is 0.384 e. The molecule has 5 nitrogen and oxygen atoms in total. The van der Waals surface area contributed by atoms with E-state index in [1.165, 1.54) is 0 Å². The van der Waals surface area contributed by atoms with Gasteiger partial charge in [0.05, 0.1) is 28.8 Å². The zero-order chi connectivity index (χ0) is 16.3. The molecule has 0 unspecified atom stereocenters. The van der Waals surface area contributed by atoms with Gasteiger partial charge in [-0.3, -0.25) is 4.79 Å². The standard InChI is InChI=1S/C17H23N3O2S.2ClH/c1-20(11-15-19-13-5-3-4-6-14(13)23-15)16(21)17(12-22-2)7-9-18-10-8-17;;/h3-6,18H,7-12H2,1-2H3;2*1H. The maximum atomic E-state index is 13.0. The number of aromatic nitrogens is 1.